The molecule has 1 aromatic carbocycles. The molecule has 1 aromatic heterocycles. The van der Waals surface area contributed by atoms with Crippen LogP contribution in [0.1, 0.15) is 25.0 Å². The molecule has 114 valence electrons. The second kappa shape index (κ2) is 6.98. The minimum absolute atomic E-state index is 0.165. The van der Waals surface area contributed by atoms with Gasteiger partial charge in [0.25, 0.3) is 0 Å². The van der Waals surface area contributed by atoms with Crippen molar-refractivity contribution >= 4 is 23.4 Å². The maximum atomic E-state index is 11.8. The van der Waals surface area contributed by atoms with E-state index < -0.39 is 0 Å². The van der Waals surface area contributed by atoms with Gasteiger partial charge in [0.1, 0.15) is 5.76 Å². The Morgan fingerprint density at radius 1 is 1.09 bits per heavy atom. The summed E-state index contributed by atoms with van der Waals surface area (Å²) in [7, 11) is 0. The van der Waals surface area contributed by atoms with Crippen LogP contribution in [0, 0.1) is 0 Å². The van der Waals surface area contributed by atoms with Crippen LogP contribution in [0.5, 0.6) is 0 Å². The number of furan rings is 1. The Kier molecular flexibility index (Phi) is 4.59. The zero-order chi connectivity index (χ0) is 15.2. The number of carbonyl (C=O) groups excluding carboxylic acids is 1. The standard InChI is InChI=1S/C18H20N2O2/c21-18(11-10-17-5-4-14-22-17)19-15-6-8-16(9-7-15)20-12-2-1-3-13-20/h4-11,14H,1-3,12-13H2,(H,19,21). The van der Waals surface area contributed by atoms with Crippen molar-refractivity contribution in [3.8, 4) is 0 Å². The predicted octanol–water partition coefficient (Wildman–Crippen LogP) is 3.92. The third-order valence-corrected chi connectivity index (χ3v) is 3.80. The molecule has 0 radical (unpaired) electrons. The average Bonchev–Trinajstić information content (AvgIpc) is 3.08. The number of rotatable bonds is 4. The number of piperidine rings is 1. The summed E-state index contributed by atoms with van der Waals surface area (Å²) in [6.07, 6.45) is 8.55. The van der Waals surface area contributed by atoms with Gasteiger partial charge in [-0.2, -0.15) is 0 Å². The van der Waals surface area contributed by atoms with Gasteiger partial charge >= 0.3 is 0 Å². The fourth-order valence-electron chi connectivity index (χ4n) is 2.64. The molecule has 2 aromatic rings. The van der Waals surface area contributed by atoms with Gasteiger partial charge < -0.3 is 14.6 Å². The van der Waals surface area contributed by atoms with E-state index in [1.54, 1.807) is 24.5 Å². The highest BCUT2D eigenvalue weighted by molar-refractivity contribution is 6.01. The molecule has 0 bridgehead atoms. The number of benzene rings is 1. The fourth-order valence-corrected chi connectivity index (χ4v) is 2.64. The molecule has 1 aliphatic rings. The molecule has 2 heterocycles. The van der Waals surface area contributed by atoms with E-state index >= 15 is 0 Å². The molecule has 0 spiro atoms. The van der Waals surface area contributed by atoms with Crippen molar-refractivity contribution in [3.05, 3.63) is 54.5 Å². The topological polar surface area (TPSA) is 45.5 Å². The second-order valence-electron chi connectivity index (χ2n) is 5.43. The normalized spacial score (nSPS) is 15.2. The maximum absolute atomic E-state index is 11.8. The lowest BCUT2D eigenvalue weighted by Crippen LogP contribution is -2.29. The van der Waals surface area contributed by atoms with Crippen LogP contribution in [-0.4, -0.2) is 19.0 Å². The Hall–Kier alpha value is -2.49. The summed E-state index contributed by atoms with van der Waals surface area (Å²) in [5.74, 6) is 0.498. The van der Waals surface area contributed by atoms with Crippen LogP contribution < -0.4 is 10.2 Å². The van der Waals surface area contributed by atoms with Crippen LogP contribution >= 0.6 is 0 Å². The highest BCUT2D eigenvalue weighted by Gasteiger charge is 2.10. The van der Waals surface area contributed by atoms with E-state index in [2.05, 4.69) is 22.3 Å². The zero-order valence-electron chi connectivity index (χ0n) is 12.5. The van der Waals surface area contributed by atoms with Crippen molar-refractivity contribution in [2.75, 3.05) is 23.3 Å². The van der Waals surface area contributed by atoms with E-state index in [9.17, 15) is 4.79 Å². The van der Waals surface area contributed by atoms with Crippen LogP contribution in [0.2, 0.25) is 0 Å². The van der Waals surface area contributed by atoms with E-state index in [-0.39, 0.29) is 5.91 Å². The van der Waals surface area contributed by atoms with Gasteiger partial charge in [-0.3, -0.25) is 4.79 Å². The van der Waals surface area contributed by atoms with Crippen molar-refractivity contribution in [1.82, 2.24) is 0 Å². The van der Waals surface area contributed by atoms with E-state index in [0.29, 0.717) is 5.76 Å². The van der Waals surface area contributed by atoms with Gasteiger partial charge in [-0.25, -0.2) is 0 Å². The molecular formula is C18H20N2O2. The molecule has 4 nitrogen and oxygen atoms in total. The molecule has 22 heavy (non-hydrogen) atoms. The Balaban J connectivity index is 1.57. The molecule has 1 amide bonds. The van der Waals surface area contributed by atoms with Gasteiger partial charge in [0.2, 0.25) is 5.91 Å². The Labute approximate surface area is 130 Å². The Morgan fingerprint density at radius 3 is 2.55 bits per heavy atom. The van der Waals surface area contributed by atoms with Crippen LogP contribution in [0.3, 0.4) is 0 Å². The number of carbonyl (C=O) groups is 1. The van der Waals surface area contributed by atoms with E-state index in [1.807, 2.05) is 12.1 Å². The molecular weight excluding hydrogens is 276 g/mol. The lowest BCUT2D eigenvalue weighted by Gasteiger charge is -2.28. The van der Waals surface area contributed by atoms with Gasteiger partial charge in [-0.1, -0.05) is 0 Å². The highest BCUT2D eigenvalue weighted by atomic mass is 16.3. The summed E-state index contributed by atoms with van der Waals surface area (Å²) in [6, 6.07) is 11.6. The lowest BCUT2D eigenvalue weighted by atomic mass is 10.1. The van der Waals surface area contributed by atoms with Crippen molar-refractivity contribution < 1.29 is 9.21 Å². The van der Waals surface area contributed by atoms with Gasteiger partial charge in [-0.15, -0.1) is 0 Å². The number of hydrogen-bond donors (Lipinski definition) is 1. The molecule has 0 atom stereocenters. The summed E-state index contributed by atoms with van der Waals surface area (Å²) >= 11 is 0. The Bertz CT molecular complexity index is 624. The van der Waals surface area contributed by atoms with Crippen LogP contribution in [0.4, 0.5) is 11.4 Å². The fraction of sp³-hybridized carbons (Fsp3) is 0.278. The van der Waals surface area contributed by atoms with Crippen molar-refractivity contribution in [2.45, 2.75) is 19.3 Å². The molecule has 1 saturated heterocycles. The second-order valence-corrected chi connectivity index (χ2v) is 5.43. The van der Waals surface area contributed by atoms with Gasteiger partial charge in [0.05, 0.1) is 6.26 Å². The first-order valence-electron chi connectivity index (χ1n) is 7.69. The maximum Gasteiger partial charge on any atom is 0.248 e. The third kappa shape index (κ3) is 3.79. The molecule has 0 saturated carbocycles. The van der Waals surface area contributed by atoms with Crippen molar-refractivity contribution in [3.63, 3.8) is 0 Å². The molecule has 3 rings (SSSR count). The number of nitrogens with one attached hydrogen (secondary N) is 1. The number of anilines is 2. The molecule has 4 heteroatoms. The number of nitrogens with zero attached hydrogens (tertiary/aromatic N) is 1. The van der Waals surface area contributed by atoms with Gasteiger partial charge in [0, 0.05) is 30.5 Å². The first-order chi connectivity index (χ1) is 10.8. The monoisotopic (exact) mass is 296 g/mol. The minimum atomic E-state index is -0.165. The van der Waals surface area contributed by atoms with Crippen molar-refractivity contribution in [1.29, 1.82) is 0 Å². The first-order valence-corrected chi connectivity index (χ1v) is 7.69. The van der Waals surface area contributed by atoms with Gasteiger partial charge in [-0.05, 0) is 61.7 Å². The van der Waals surface area contributed by atoms with E-state index in [1.165, 1.54) is 31.0 Å². The minimum Gasteiger partial charge on any atom is -0.465 e. The Morgan fingerprint density at radius 2 is 1.86 bits per heavy atom. The van der Waals surface area contributed by atoms with E-state index in [4.69, 9.17) is 4.42 Å². The van der Waals surface area contributed by atoms with Crippen molar-refractivity contribution in [2.24, 2.45) is 0 Å². The summed E-state index contributed by atoms with van der Waals surface area (Å²) in [4.78, 5) is 14.2. The smallest absolute Gasteiger partial charge is 0.248 e. The molecule has 1 aliphatic heterocycles. The number of amides is 1. The molecule has 1 fully saturated rings. The zero-order valence-corrected chi connectivity index (χ0v) is 12.5. The van der Waals surface area contributed by atoms with Gasteiger partial charge in [0.15, 0.2) is 0 Å². The first kappa shape index (κ1) is 14.4. The van der Waals surface area contributed by atoms with E-state index in [0.717, 1.165) is 18.8 Å². The van der Waals surface area contributed by atoms with Crippen LogP contribution in [0.25, 0.3) is 6.08 Å². The summed E-state index contributed by atoms with van der Waals surface area (Å²) in [5, 5.41) is 2.85. The quantitative estimate of drug-likeness (QED) is 0.870. The van der Waals surface area contributed by atoms with Crippen LogP contribution in [0.15, 0.2) is 53.2 Å². The number of hydrogen-bond acceptors (Lipinski definition) is 3. The molecule has 1 N–H and O–H groups in total. The summed E-state index contributed by atoms with van der Waals surface area (Å²) in [5.41, 5.74) is 2.03. The third-order valence-electron chi connectivity index (χ3n) is 3.80. The lowest BCUT2D eigenvalue weighted by molar-refractivity contribution is -0.111. The SMILES string of the molecule is O=C(C=Cc1ccco1)Nc1ccc(N2CCCCC2)cc1. The summed E-state index contributed by atoms with van der Waals surface area (Å²) in [6.45, 7) is 2.25. The summed E-state index contributed by atoms with van der Waals surface area (Å²) < 4.78 is 5.14. The largest absolute Gasteiger partial charge is 0.465 e. The highest BCUT2D eigenvalue weighted by Crippen LogP contribution is 2.21. The average molecular weight is 296 g/mol. The molecule has 0 unspecified atom stereocenters. The predicted molar refractivity (Wildman–Crippen MR) is 88.9 cm³/mol. The molecule has 0 aliphatic carbocycles. The van der Waals surface area contributed by atoms with Crippen LogP contribution in [-0.2, 0) is 4.79 Å².